The molecule has 1 aromatic carbocycles. The number of hydrogen-bond acceptors (Lipinski definition) is 5. The lowest BCUT2D eigenvalue weighted by Gasteiger charge is -2.02. The zero-order valence-corrected chi connectivity index (χ0v) is 14.4. The average Bonchev–Trinajstić information content (AvgIpc) is 2.92. The second-order valence-electron chi connectivity index (χ2n) is 5.35. The van der Waals surface area contributed by atoms with E-state index in [1.165, 1.54) is 0 Å². The van der Waals surface area contributed by atoms with Gasteiger partial charge in [0.25, 0.3) is 0 Å². The van der Waals surface area contributed by atoms with Crippen LogP contribution in [0.3, 0.4) is 0 Å². The first kappa shape index (κ1) is 16.9. The second kappa shape index (κ2) is 6.90. The molecule has 0 bridgehead atoms. The number of carbonyl (C=O) groups is 1. The predicted molar refractivity (Wildman–Crippen MR) is 93.4 cm³/mol. The molecular formula is C17H15ClN4O3. The number of imidazole rings is 1. The smallest absolute Gasteiger partial charge is 0.309 e. The highest BCUT2D eigenvalue weighted by atomic mass is 35.5. The number of nitrogens with zero attached hydrogens (tertiary/aromatic N) is 4. The van der Waals surface area contributed by atoms with E-state index >= 15 is 0 Å². The van der Waals surface area contributed by atoms with Gasteiger partial charge in [0.2, 0.25) is 0 Å². The van der Waals surface area contributed by atoms with Crippen molar-refractivity contribution in [3.05, 3.63) is 52.8 Å². The Balaban J connectivity index is 2.11. The van der Waals surface area contributed by atoms with E-state index < -0.39 is 5.97 Å². The lowest BCUT2D eigenvalue weighted by molar-refractivity contribution is -0.136. The van der Waals surface area contributed by atoms with Crippen LogP contribution in [0.2, 0.25) is 5.02 Å². The van der Waals surface area contributed by atoms with Crippen LogP contribution in [-0.4, -0.2) is 27.6 Å². The molecule has 0 aliphatic rings. The van der Waals surface area contributed by atoms with Gasteiger partial charge in [-0.1, -0.05) is 17.7 Å². The fourth-order valence-corrected chi connectivity index (χ4v) is 2.56. The van der Waals surface area contributed by atoms with E-state index in [4.69, 9.17) is 21.4 Å². The molecule has 7 nitrogen and oxygen atoms in total. The van der Waals surface area contributed by atoms with Crippen molar-refractivity contribution >= 4 is 34.7 Å². The van der Waals surface area contributed by atoms with E-state index in [1.54, 1.807) is 35.9 Å². The molecule has 2 heterocycles. The molecule has 0 aliphatic carbocycles. The molecule has 25 heavy (non-hydrogen) atoms. The summed E-state index contributed by atoms with van der Waals surface area (Å²) in [4.78, 5) is 15.5. The Bertz CT molecular complexity index is 981. The van der Waals surface area contributed by atoms with E-state index in [-0.39, 0.29) is 6.42 Å². The molecule has 128 valence electrons. The lowest BCUT2D eigenvalue weighted by atomic mass is 10.3. The molecule has 0 unspecified atom stereocenters. The third-order valence-electron chi connectivity index (χ3n) is 3.61. The van der Waals surface area contributed by atoms with Crippen LogP contribution in [0.25, 0.3) is 5.65 Å². The van der Waals surface area contributed by atoms with Crippen LogP contribution in [0, 0.1) is 6.92 Å². The lowest BCUT2D eigenvalue weighted by Crippen LogP contribution is -2.00. The van der Waals surface area contributed by atoms with Crippen molar-refractivity contribution in [3.63, 3.8) is 0 Å². The monoisotopic (exact) mass is 358 g/mol. The summed E-state index contributed by atoms with van der Waals surface area (Å²) in [6.45, 7) is 1.90. The number of halogens is 1. The summed E-state index contributed by atoms with van der Waals surface area (Å²) in [5.74, 6) is -0.0324. The number of hydrogen-bond donors (Lipinski definition) is 1. The zero-order valence-electron chi connectivity index (χ0n) is 13.6. The number of pyridine rings is 1. The highest BCUT2D eigenvalue weighted by molar-refractivity contribution is 6.33. The Morgan fingerprint density at radius 1 is 1.36 bits per heavy atom. The molecule has 2 aromatic heterocycles. The van der Waals surface area contributed by atoms with Gasteiger partial charge in [-0.25, -0.2) is 4.98 Å². The normalized spacial score (nSPS) is 11.3. The number of aryl methyl sites for hydroxylation is 1. The van der Waals surface area contributed by atoms with Crippen LogP contribution in [0.15, 0.2) is 46.8 Å². The minimum Gasteiger partial charge on any atom is -0.497 e. The van der Waals surface area contributed by atoms with Crippen LogP contribution < -0.4 is 4.74 Å². The van der Waals surface area contributed by atoms with Crippen LogP contribution >= 0.6 is 11.6 Å². The van der Waals surface area contributed by atoms with Gasteiger partial charge in [-0.05, 0) is 30.7 Å². The molecule has 3 rings (SSSR count). The van der Waals surface area contributed by atoms with Crippen LogP contribution in [-0.2, 0) is 11.2 Å². The van der Waals surface area contributed by atoms with Gasteiger partial charge < -0.3 is 9.84 Å². The minimum absolute atomic E-state index is 0.249. The maximum atomic E-state index is 11.1. The summed E-state index contributed by atoms with van der Waals surface area (Å²) in [5, 5.41) is 17.9. The first-order chi connectivity index (χ1) is 12.0. The summed E-state index contributed by atoms with van der Waals surface area (Å²) in [7, 11) is 1.54. The molecule has 0 spiro atoms. The van der Waals surface area contributed by atoms with Crippen molar-refractivity contribution in [2.45, 2.75) is 13.3 Å². The van der Waals surface area contributed by atoms with Gasteiger partial charge in [-0.2, -0.15) is 0 Å². The maximum absolute atomic E-state index is 11.1. The number of carboxylic acid groups (broad SMARTS) is 1. The fraction of sp³-hybridized carbons (Fsp3) is 0.176. The molecule has 0 fully saturated rings. The van der Waals surface area contributed by atoms with Crippen LogP contribution in [0.1, 0.15) is 11.3 Å². The molecule has 0 radical (unpaired) electrons. The number of azo groups is 1. The first-order valence-electron chi connectivity index (χ1n) is 7.43. The Hall–Kier alpha value is -2.93. The Labute approximate surface area is 148 Å². The van der Waals surface area contributed by atoms with E-state index in [0.29, 0.717) is 33.6 Å². The number of ether oxygens (including phenoxy) is 1. The topological polar surface area (TPSA) is 88.5 Å². The van der Waals surface area contributed by atoms with Crippen molar-refractivity contribution in [3.8, 4) is 5.75 Å². The van der Waals surface area contributed by atoms with Gasteiger partial charge in [0.05, 0.1) is 24.2 Å². The number of aliphatic carboxylic acids is 1. The van der Waals surface area contributed by atoms with Gasteiger partial charge in [0.1, 0.15) is 17.1 Å². The quantitative estimate of drug-likeness (QED) is 0.687. The first-order valence-corrected chi connectivity index (χ1v) is 7.81. The predicted octanol–water partition coefficient (Wildman–Crippen LogP) is 4.35. The number of carboxylic acids is 1. The summed E-state index contributed by atoms with van der Waals surface area (Å²) >= 11 is 6.14. The molecule has 0 atom stereocenters. The number of fused-ring (bicyclic) bond motifs is 1. The van der Waals surface area contributed by atoms with Crippen molar-refractivity contribution in [1.29, 1.82) is 0 Å². The molecule has 0 amide bonds. The minimum atomic E-state index is -0.989. The van der Waals surface area contributed by atoms with Crippen LogP contribution in [0.5, 0.6) is 5.75 Å². The number of methoxy groups -OCH3 is 1. The third-order valence-corrected chi connectivity index (χ3v) is 3.93. The largest absolute Gasteiger partial charge is 0.497 e. The van der Waals surface area contributed by atoms with E-state index in [9.17, 15) is 4.79 Å². The van der Waals surface area contributed by atoms with Gasteiger partial charge in [-0.15, -0.1) is 10.2 Å². The molecule has 3 aromatic rings. The second-order valence-corrected chi connectivity index (χ2v) is 5.76. The van der Waals surface area contributed by atoms with E-state index in [1.807, 2.05) is 19.1 Å². The molecule has 0 saturated carbocycles. The highest BCUT2D eigenvalue weighted by Gasteiger charge is 2.16. The summed E-state index contributed by atoms with van der Waals surface area (Å²) in [6, 6.07) is 8.76. The van der Waals surface area contributed by atoms with Crippen LogP contribution in [0.4, 0.5) is 11.5 Å². The number of aromatic nitrogens is 2. The zero-order chi connectivity index (χ0) is 18.0. The SMILES string of the molecule is COc1ccc(Cl)c(N=Nc2c(CC(=O)O)nc3c(C)cccn23)c1. The summed E-state index contributed by atoms with van der Waals surface area (Å²) in [6.07, 6.45) is 1.52. The Morgan fingerprint density at radius 2 is 2.16 bits per heavy atom. The van der Waals surface area contributed by atoms with Gasteiger partial charge in [0.15, 0.2) is 5.82 Å². The third kappa shape index (κ3) is 3.46. The molecule has 1 N–H and O–H groups in total. The summed E-state index contributed by atoms with van der Waals surface area (Å²) < 4.78 is 6.87. The highest BCUT2D eigenvalue weighted by Crippen LogP contribution is 2.32. The Morgan fingerprint density at radius 3 is 2.88 bits per heavy atom. The van der Waals surface area contributed by atoms with Crippen molar-refractivity contribution in [2.75, 3.05) is 7.11 Å². The van der Waals surface area contributed by atoms with Gasteiger partial charge in [0, 0.05) is 12.3 Å². The van der Waals surface area contributed by atoms with Gasteiger partial charge >= 0.3 is 5.97 Å². The Kier molecular flexibility index (Phi) is 4.67. The molecule has 8 heteroatoms. The van der Waals surface area contributed by atoms with Crippen molar-refractivity contribution in [2.24, 2.45) is 10.2 Å². The van der Waals surface area contributed by atoms with Crippen molar-refractivity contribution in [1.82, 2.24) is 9.38 Å². The van der Waals surface area contributed by atoms with E-state index in [2.05, 4.69) is 15.2 Å². The van der Waals surface area contributed by atoms with E-state index in [0.717, 1.165) is 5.56 Å². The summed E-state index contributed by atoms with van der Waals surface area (Å²) in [5.41, 5.74) is 2.31. The maximum Gasteiger partial charge on any atom is 0.309 e. The molecule has 0 saturated heterocycles. The van der Waals surface area contributed by atoms with Gasteiger partial charge in [-0.3, -0.25) is 9.20 Å². The standard InChI is InChI=1S/C17H15ClN4O3/c1-10-4-3-7-22-16(10)19-14(9-15(23)24)17(22)21-20-13-8-11(25-2)5-6-12(13)18/h3-8H,9H2,1-2H3,(H,23,24). The molecular weight excluding hydrogens is 344 g/mol. The molecule has 0 aliphatic heterocycles. The number of rotatable bonds is 5. The average molecular weight is 359 g/mol. The number of benzene rings is 1. The van der Waals surface area contributed by atoms with Crippen molar-refractivity contribution < 1.29 is 14.6 Å². The fourth-order valence-electron chi connectivity index (χ4n) is 2.40.